The molecule has 0 heterocycles. The predicted molar refractivity (Wildman–Crippen MR) is 204 cm³/mol. The van der Waals surface area contributed by atoms with Crippen molar-refractivity contribution in [3.8, 4) is 0 Å². The Labute approximate surface area is 275 Å². The molecule has 0 heteroatoms. The van der Waals surface area contributed by atoms with Gasteiger partial charge in [-0.25, -0.2) is 0 Å². The second-order valence-electron chi connectivity index (χ2n) is 13.5. The number of benzene rings is 4. The highest BCUT2D eigenvalue weighted by Gasteiger charge is 2.12. The Kier molecular flexibility index (Phi) is 21.9. The molecule has 4 aromatic rings. The summed E-state index contributed by atoms with van der Waals surface area (Å²) < 4.78 is 0. The monoisotopic (exact) mass is 597 g/mol. The molecule has 0 unspecified atom stereocenters. The van der Waals surface area contributed by atoms with E-state index in [0.717, 1.165) is 0 Å². The molecule has 0 aromatic heterocycles. The van der Waals surface area contributed by atoms with Crippen molar-refractivity contribution in [2.45, 2.75) is 134 Å². The molecule has 4 rings (SSSR count). The maximum absolute atomic E-state index is 2.23. The summed E-state index contributed by atoms with van der Waals surface area (Å²) in [6, 6.07) is 34.7. The Balaban J connectivity index is 0. The molecular formula is C44H68. The van der Waals surface area contributed by atoms with Gasteiger partial charge in [-0.2, -0.15) is 0 Å². The molecule has 0 aliphatic rings. The minimum absolute atomic E-state index is 0.285. The van der Waals surface area contributed by atoms with Crippen LogP contribution in [0.5, 0.6) is 0 Å². The van der Waals surface area contributed by atoms with Gasteiger partial charge in [-0.05, 0) is 68.1 Å². The first-order valence-electron chi connectivity index (χ1n) is 16.7. The third kappa shape index (κ3) is 20.0. The third-order valence-corrected chi connectivity index (χ3v) is 6.80. The van der Waals surface area contributed by atoms with Gasteiger partial charge in [-0.15, -0.1) is 0 Å². The fraction of sp³-hybridized carbons (Fsp3) is 0.455. The van der Waals surface area contributed by atoms with Crippen molar-refractivity contribution in [1.82, 2.24) is 0 Å². The molecule has 0 saturated carbocycles. The van der Waals surface area contributed by atoms with E-state index in [1.807, 2.05) is 27.7 Å². The highest BCUT2D eigenvalue weighted by Crippen LogP contribution is 2.22. The average Bonchev–Trinajstić information content (AvgIpc) is 2.97. The smallest absolute Gasteiger partial charge is 0.0132 e. The summed E-state index contributed by atoms with van der Waals surface area (Å²) in [6.45, 7) is 36.4. The van der Waals surface area contributed by atoms with Gasteiger partial charge in [-0.1, -0.05) is 208 Å². The molecule has 0 amide bonds. The Hall–Kier alpha value is -3.12. The Morgan fingerprint density at radius 3 is 0.705 bits per heavy atom. The standard InChI is InChI=1S/2C11H16.C10H14.C8H10.2C2H6/c2*1-9-5-7-10(8-6-9)11(2,3)4;1-8(2)10-6-4-9(3)5-7-10;1-7-3-5-8(2)6-4-7;2*1-2/h2*5-8H,1-4H3;4-8H,1-3H3;3-6H,1-2H3;2*1-2H3. The van der Waals surface area contributed by atoms with Crippen molar-refractivity contribution in [3.05, 3.63) is 142 Å². The Morgan fingerprint density at radius 1 is 0.341 bits per heavy atom. The lowest BCUT2D eigenvalue weighted by molar-refractivity contribution is 0.590. The zero-order valence-corrected chi connectivity index (χ0v) is 31.8. The molecule has 0 atom stereocenters. The van der Waals surface area contributed by atoms with E-state index in [2.05, 4.69) is 187 Å². The zero-order valence-electron chi connectivity index (χ0n) is 31.8. The fourth-order valence-electron chi connectivity index (χ4n) is 3.70. The molecule has 0 spiro atoms. The highest BCUT2D eigenvalue weighted by molar-refractivity contribution is 5.27. The first-order valence-corrected chi connectivity index (χ1v) is 16.7. The quantitative estimate of drug-likeness (QED) is 0.205. The van der Waals surface area contributed by atoms with Crippen LogP contribution in [-0.2, 0) is 10.8 Å². The number of aryl methyl sites for hydroxylation is 5. The summed E-state index contributed by atoms with van der Waals surface area (Å²) in [4.78, 5) is 0. The summed E-state index contributed by atoms with van der Waals surface area (Å²) in [5, 5.41) is 0. The molecule has 0 saturated heterocycles. The highest BCUT2D eigenvalue weighted by atomic mass is 14.2. The SMILES string of the molecule is CC.CC.Cc1ccc(C(C)(C)C)cc1.Cc1ccc(C(C)(C)C)cc1.Cc1ccc(C(C)C)cc1.Cc1ccc(C)cc1. The summed E-state index contributed by atoms with van der Waals surface area (Å²) in [5.41, 5.74) is 11.5. The van der Waals surface area contributed by atoms with Gasteiger partial charge in [0, 0.05) is 0 Å². The lowest BCUT2D eigenvalue weighted by atomic mass is 9.87. The van der Waals surface area contributed by atoms with Gasteiger partial charge in [0.1, 0.15) is 0 Å². The second kappa shape index (κ2) is 22.4. The van der Waals surface area contributed by atoms with Crippen molar-refractivity contribution >= 4 is 0 Å². The minimum atomic E-state index is 0.285. The molecule has 0 nitrogen and oxygen atoms in total. The van der Waals surface area contributed by atoms with Crippen LogP contribution in [0.1, 0.15) is 134 Å². The number of hydrogen-bond donors (Lipinski definition) is 0. The first kappa shape index (κ1) is 43.0. The molecule has 4 aromatic carbocycles. The lowest BCUT2D eigenvalue weighted by Gasteiger charge is -2.18. The van der Waals surface area contributed by atoms with Crippen LogP contribution in [0.2, 0.25) is 0 Å². The number of hydrogen-bond acceptors (Lipinski definition) is 0. The van der Waals surface area contributed by atoms with Gasteiger partial charge in [0.05, 0.1) is 0 Å². The van der Waals surface area contributed by atoms with Gasteiger partial charge in [0.2, 0.25) is 0 Å². The van der Waals surface area contributed by atoms with Gasteiger partial charge >= 0.3 is 0 Å². The molecule has 0 radical (unpaired) electrons. The van der Waals surface area contributed by atoms with Crippen LogP contribution in [0, 0.1) is 34.6 Å². The summed E-state index contributed by atoms with van der Waals surface area (Å²) in [6.07, 6.45) is 0. The van der Waals surface area contributed by atoms with Crippen molar-refractivity contribution in [2.75, 3.05) is 0 Å². The van der Waals surface area contributed by atoms with Crippen LogP contribution in [0.3, 0.4) is 0 Å². The predicted octanol–water partition coefficient (Wildman–Crippen LogP) is 14.1. The van der Waals surface area contributed by atoms with E-state index in [4.69, 9.17) is 0 Å². The summed E-state index contributed by atoms with van der Waals surface area (Å²) in [5.74, 6) is 0.653. The Bertz CT molecular complexity index is 1130. The molecule has 0 aliphatic heterocycles. The van der Waals surface area contributed by atoms with E-state index in [0.29, 0.717) is 5.92 Å². The first-order chi connectivity index (χ1) is 20.5. The van der Waals surface area contributed by atoms with E-state index in [-0.39, 0.29) is 10.8 Å². The lowest BCUT2D eigenvalue weighted by Crippen LogP contribution is -2.10. The van der Waals surface area contributed by atoms with E-state index >= 15 is 0 Å². The van der Waals surface area contributed by atoms with Gasteiger partial charge in [-0.3, -0.25) is 0 Å². The van der Waals surface area contributed by atoms with E-state index in [1.165, 1.54) is 44.5 Å². The third-order valence-electron chi connectivity index (χ3n) is 6.80. The van der Waals surface area contributed by atoms with Gasteiger partial charge in [0.15, 0.2) is 0 Å². The van der Waals surface area contributed by atoms with Gasteiger partial charge in [0.25, 0.3) is 0 Å². The normalized spacial score (nSPS) is 10.1. The van der Waals surface area contributed by atoms with Crippen molar-refractivity contribution < 1.29 is 0 Å². The van der Waals surface area contributed by atoms with Gasteiger partial charge < -0.3 is 0 Å². The molecular weight excluding hydrogens is 528 g/mol. The number of rotatable bonds is 1. The van der Waals surface area contributed by atoms with Crippen LogP contribution in [0.15, 0.2) is 97.1 Å². The largest absolute Gasteiger partial charge is 0.0683 e. The van der Waals surface area contributed by atoms with Crippen LogP contribution < -0.4 is 0 Å². The minimum Gasteiger partial charge on any atom is -0.0683 e. The molecule has 44 heavy (non-hydrogen) atoms. The summed E-state index contributed by atoms with van der Waals surface area (Å²) in [7, 11) is 0. The summed E-state index contributed by atoms with van der Waals surface area (Å²) >= 11 is 0. The van der Waals surface area contributed by atoms with Crippen LogP contribution in [0.4, 0.5) is 0 Å². The Morgan fingerprint density at radius 2 is 0.523 bits per heavy atom. The molecule has 0 fully saturated rings. The molecule has 244 valence electrons. The molecule has 0 N–H and O–H groups in total. The van der Waals surface area contributed by atoms with Crippen molar-refractivity contribution in [3.63, 3.8) is 0 Å². The topological polar surface area (TPSA) is 0 Å². The maximum Gasteiger partial charge on any atom is -0.0132 e. The van der Waals surface area contributed by atoms with Crippen LogP contribution in [0.25, 0.3) is 0 Å². The maximum atomic E-state index is 2.23. The van der Waals surface area contributed by atoms with Crippen molar-refractivity contribution in [1.29, 1.82) is 0 Å². The van der Waals surface area contributed by atoms with Crippen LogP contribution in [-0.4, -0.2) is 0 Å². The average molecular weight is 597 g/mol. The molecule has 0 bridgehead atoms. The van der Waals surface area contributed by atoms with Crippen molar-refractivity contribution in [2.24, 2.45) is 0 Å². The molecule has 0 aliphatic carbocycles. The zero-order chi connectivity index (χ0) is 34.5. The van der Waals surface area contributed by atoms with E-state index < -0.39 is 0 Å². The van der Waals surface area contributed by atoms with Crippen LogP contribution >= 0.6 is 0 Å². The fourth-order valence-corrected chi connectivity index (χ4v) is 3.70. The second-order valence-corrected chi connectivity index (χ2v) is 13.5. The van der Waals surface area contributed by atoms with E-state index in [1.54, 1.807) is 0 Å². The van der Waals surface area contributed by atoms with E-state index in [9.17, 15) is 0 Å².